The van der Waals surface area contributed by atoms with E-state index in [0.717, 1.165) is 37.7 Å². The first-order chi connectivity index (χ1) is 17.8. The average molecular weight is 529 g/mol. The van der Waals surface area contributed by atoms with Crippen molar-refractivity contribution in [2.75, 3.05) is 24.6 Å². The van der Waals surface area contributed by atoms with Crippen LogP contribution in [0.2, 0.25) is 0 Å². The van der Waals surface area contributed by atoms with E-state index in [1.807, 2.05) is 13.0 Å². The van der Waals surface area contributed by atoms with Crippen molar-refractivity contribution in [3.8, 4) is 5.75 Å². The summed E-state index contributed by atoms with van der Waals surface area (Å²) in [5, 5.41) is 0. The molecule has 3 heterocycles. The number of pyridine rings is 1. The van der Waals surface area contributed by atoms with E-state index < -0.39 is 16.0 Å². The van der Waals surface area contributed by atoms with E-state index in [4.69, 9.17) is 14.2 Å². The number of fused-ring (bicyclic) bond motifs is 1. The van der Waals surface area contributed by atoms with Gasteiger partial charge in [0, 0.05) is 12.6 Å². The highest BCUT2D eigenvalue weighted by atomic mass is 32.2. The third-order valence-electron chi connectivity index (χ3n) is 7.14. The van der Waals surface area contributed by atoms with Crippen LogP contribution >= 0.6 is 0 Å². The summed E-state index contributed by atoms with van der Waals surface area (Å²) >= 11 is 0. The molecule has 0 aliphatic carbocycles. The second-order valence-corrected chi connectivity index (χ2v) is 11.6. The molecule has 2 aliphatic rings. The van der Waals surface area contributed by atoms with Crippen molar-refractivity contribution in [2.45, 2.75) is 69.4 Å². The number of aromatic nitrogens is 1. The summed E-state index contributed by atoms with van der Waals surface area (Å²) in [7, 11) is -2.72. The van der Waals surface area contributed by atoms with E-state index in [1.165, 1.54) is 23.5 Å². The van der Waals surface area contributed by atoms with E-state index >= 15 is 0 Å². The Hall–Kier alpha value is -2.91. The summed E-state index contributed by atoms with van der Waals surface area (Å²) in [4.78, 5) is 17.0. The number of carbonyl (C=O) groups is 1. The van der Waals surface area contributed by atoms with Crippen LogP contribution in [0, 0.1) is 5.92 Å². The molecule has 1 fully saturated rings. The zero-order valence-electron chi connectivity index (χ0n) is 21.8. The number of rotatable bonds is 9. The molecule has 4 rings (SSSR count). The molecule has 3 atom stereocenters. The fourth-order valence-corrected chi connectivity index (χ4v) is 6.86. The highest BCUT2D eigenvalue weighted by Crippen LogP contribution is 2.36. The molecule has 9 heteroatoms. The third-order valence-corrected chi connectivity index (χ3v) is 9.06. The monoisotopic (exact) mass is 528 g/mol. The molecule has 2 unspecified atom stereocenters. The highest BCUT2D eigenvalue weighted by Gasteiger charge is 2.35. The zero-order chi connectivity index (χ0) is 26.6. The minimum atomic E-state index is -3.99. The summed E-state index contributed by atoms with van der Waals surface area (Å²) in [6, 6.07) is 6.00. The Labute approximate surface area is 219 Å². The number of sulfonamides is 1. The summed E-state index contributed by atoms with van der Waals surface area (Å²) in [6.45, 7) is 8.88. The number of carbonyl (C=O) groups excluding carboxylic acids is 1. The van der Waals surface area contributed by atoms with Crippen molar-refractivity contribution < 1.29 is 27.4 Å². The molecule has 0 N–H and O–H groups in total. The van der Waals surface area contributed by atoms with Crippen LogP contribution in [0.1, 0.15) is 67.6 Å². The molecule has 0 saturated carbocycles. The van der Waals surface area contributed by atoms with Gasteiger partial charge < -0.3 is 14.2 Å². The summed E-state index contributed by atoms with van der Waals surface area (Å²) < 4.78 is 46.0. The predicted molar refractivity (Wildman–Crippen MR) is 142 cm³/mol. The molecule has 8 nitrogen and oxygen atoms in total. The van der Waals surface area contributed by atoms with Gasteiger partial charge in [0.1, 0.15) is 11.3 Å². The lowest BCUT2D eigenvalue weighted by Crippen LogP contribution is -2.42. The molecular weight excluding hydrogens is 492 g/mol. The van der Waals surface area contributed by atoms with Crippen LogP contribution in [0.3, 0.4) is 0 Å². The molecule has 200 valence electrons. The van der Waals surface area contributed by atoms with Gasteiger partial charge in [-0.15, -0.1) is 0 Å². The first-order valence-electron chi connectivity index (χ1n) is 12.9. The fraction of sp³-hybridized carbons (Fsp3) is 0.500. The minimum absolute atomic E-state index is 0.00169. The second kappa shape index (κ2) is 11.6. The topological polar surface area (TPSA) is 95.0 Å². The van der Waals surface area contributed by atoms with Crippen LogP contribution in [-0.4, -0.2) is 51.8 Å². The molecule has 1 saturated heterocycles. The number of anilines is 1. The van der Waals surface area contributed by atoms with Crippen LogP contribution in [0.25, 0.3) is 6.08 Å². The van der Waals surface area contributed by atoms with Crippen LogP contribution in [-0.2, 0) is 25.9 Å². The van der Waals surface area contributed by atoms with E-state index in [0.29, 0.717) is 42.7 Å². The molecule has 2 aliphatic heterocycles. The first-order valence-corrected chi connectivity index (χ1v) is 14.3. The molecule has 1 aromatic heterocycles. The Balaban J connectivity index is 1.62. The van der Waals surface area contributed by atoms with E-state index in [9.17, 15) is 13.2 Å². The maximum absolute atomic E-state index is 13.9. The van der Waals surface area contributed by atoms with Gasteiger partial charge in [0.15, 0.2) is 0 Å². The Bertz CT molecular complexity index is 1240. The van der Waals surface area contributed by atoms with Crippen LogP contribution in [0.4, 0.5) is 5.69 Å². The number of hydrogen-bond acceptors (Lipinski definition) is 7. The maximum Gasteiger partial charge on any atom is 0.341 e. The molecule has 0 radical (unpaired) electrons. The van der Waals surface area contributed by atoms with E-state index in [-0.39, 0.29) is 22.6 Å². The molecule has 0 amide bonds. The van der Waals surface area contributed by atoms with Gasteiger partial charge in [-0.1, -0.05) is 19.9 Å². The Morgan fingerprint density at radius 3 is 2.84 bits per heavy atom. The number of esters is 1. The zero-order valence-corrected chi connectivity index (χ0v) is 22.6. The third kappa shape index (κ3) is 5.83. The van der Waals surface area contributed by atoms with Crippen LogP contribution < -0.4 is 9.04 Å². The van der Waals surface area contributed by atoms with E-state index in [1.54, 1.807) is 18.3 Å². The largest absolute Gasteiger partial charge is 0.492 e. The maximum atomic E-state index is 13.9. The standard InChI is InChI=1S/C28H36N2O6S/c1-5-7-23-14-20(12-13-35-23)18-36-27-11-10-24(16-25(27)28(31)34-4)37(32,33)30-19(3)8-9-21-15-22(6-2)29-17-26(21)30/h6,10-11,15-17,19-20,23H,2,5,7-9,12-14,18H2,1,3-4H3/t19-,20?,23?/m0/s1. The smallest absolute Gasteiger partial charge is 0.341 e. The molecule has 37 heavy (non-hydrogen) atoms. The van der Waals surface area contributed by atoms with Gasteiger partial charge in [-0.3, -0.25) is 9.29 Å². The quantitative estimate of drug-likeness (QED) is 0.422. The summed E-state index contributed by atoms with van der Waals surface area (Å²) in [5.41, 5.74) is 2.24. The Morgan fingerprint density at radius 2 is 2.11 bits per heavy atom. The number of nitrogens with zero attached hydrogens (tertiary/aromatic N) is 2. The van der Waals surface area contributed by atoms with Crippen LogP contribution in [0.5, 0.6) is 5.75 Å². The average Bonchev–Trinajstić information content (AvgIpc) is 2.91. The minimum Gasteiger partial charge on any atom is -0.492 e. The SMILES string of the molecule is C=Cc1cc2c(cn1)N(S(=O)(=O)c1ccc(OCC3CCOC(CCC)C3)c(C(=O)OC)c1)[C@@H](C)CC2. The molecule has 1 aromatic carbocycles. The van der Waals surface area contributed by atoms with Gasteiger partial charge in [0.05, 0.1) is 42.3 Å². The summed E-state index contributed by atoms with van der Waals surface area (Å²) in [5.74, 6) is -0.0288. The highest BCUT2D eigenvalue weighted by molar-refractivity contribution is 7.92. The normalized spacial score (nSPS) is 21.7. The van der Waals surface area contributed by atoms with Gasteiger partial charge >= 0.3 is 5.97 Å². The van der Waals surface area contributed by atoms with Crippen molar-refractivity contribution in [2.24, 2.45) is 5.92 Å². The number of benzene rings is 1. The van der Waals surface area contributed by atoms with Gasteiger partial charge in [-0.2, -0.15) is 0 Å². The van der Waals surface area contributed by atoms with Gasteiger partial charge in [-0.25, -0.2) is 13.2 Å². The van der Waals surface area contributed by atoms with Crippen molar-refractivity contribution in [1.29, 1.82) is 0 Å². The number of aryl methyl sites for hydroxylation is 1. The molecule has 2 aromatic rings. The second-order valence-electron chi connectivity index (χ2n) is 9.76. The van der Waals surface area contributed by atoms with Gasteiger partial charge in [-0.05, 0) is 80.9 Å². The molecule has 0 bridgehead atoms. The lowest BCUT2D eigenvalue weighted by molar-refractivity contribution is -0.0227. The van der Waals surface area contributed by atoms with Crippen molar-refractivity contribution in [3.05, 3.63) is 53.9 Å². The van der Waals surface area contributed by atoms with Crippen molar-refractivity contribution >= 4 is 27.8 Å². The lowest BCUT2D eigenvalue weighted by Gasteiger charge is -2.35. The van der Waals surface area contributed by atoms with Crippen molar-refractivity contribution in [3.63, 3.8) is 0 Å². The van der Waals surface area contributed by atoms with Crippen LogP contribution in [0.15, 0.2) is 41.9 Å². The summed E-state index contributed by atoms with van der Waals surface area (Å²) in [6.07, 6.45) is 8.73. The van der Waals surface area contributed by atoms with Gasteiger partial charge in [0.25, 0.3) is 10.0 Å². The number of hydrogen-bond donors (Lipinski definition) is 0. The Morgan fingerprint density at radius 1 is 1.30 bits per heavy atom. The first kappa shape index (κ1) is 27.1. The molecule has 0 spiro atoms. The lowest BCUT2D eigenvalue weighted by atomic mass is 9.94. The molecular formula is C28H36N2O6S. The fourth-order valence-electron chi connectivity index (χ4n) is 5.12. The van der Waals surface area contributed by atoms with Crippen molar-refractivity contribution in [1.82, 2.24) is 4.98 Å². The predicted octanol–water partition coefficient (Wildman–Crippen LogP) is 5.02. The number of methoxy groups -OCH3 is 1. The van der Waals surface area contributed by atoms with E-state index in [2.05, 4.69) is 18.5 Å². The Kier molecular flexibility index (Phi) is 8.54. The number of ether oxygens (including phenoxy) is 3. The van der Waals surface area contributed by atoms with Gasteiger partial charge in [0.2, 0.25) is 0 Å².